The van der Waals surface area contributed by atoms with Gasteiger partial charge in [-0.15, -0.1) is 0 Å². The van der Waals surface area contributed by atoms with E-state index in [1.807, 2.05) is 30.3 Å². The average molecular weight is 305 g/mol. The average Bonchev–Trinajstić information content (AvgIpc) is 2.47. The van der Waals surface area contributed by atoms with E-state index < -0.39 is 15.7 Å². The summed E-state index contributed by atoms with van der Waals surface area (Å²) in [5, 5.41) is 0. The molecule has 0 bridgehead atoms. The van der Waals surface area contributed by atoms with Crippen LogP contribution in [0.15, 0.2) is 59.5 Å². The molecule has 1 N–H and O–H groups in total. The number of carbonyl (C=O) groups excluding carboxylic acids is 1. The smallest absolute Gasteiger partial charge is 0.269 e. The molecule has 2 aromatic rings. The summed E-state index contributed by atoms with van der Waals surface area (Å²) in [6, 6.07) is 15.2. The fourth-order valence-corrected chi connectivity index (χ4v) is 2.35. The largest absolute Gasteiger partial charge is 0.274 e. The summed E-state index contributed by atoms with van der Waals surface area (Å²) in [5.41, 5.74) is 3.44. The Morgan fingerprint density at radius 1 is 1.10 bits per heavy atom. The number of carbonyl (C=O) groups is 1. The molecule has 0 spiro atoms. The predicted octanol–water partition coefficient (Wildman–Crippen LogP) is 1.95. The molecule has 0 aromatic heterocycles. The summed E-state index contributed by atoms with van der Waals surface area (Å²) in [7, 11) is -3.34. The van der Waals surface area contributed by atoms with Crippen molar-refractivity contribution >= 4 is 15.7 Å². The second-order valence-corrected chi connectivity index (χ2v) is 6.52. The van der Waals surface area contributed by atoms with Gasteiger partial charge in [-0.25, -0.2) is 13.9 Å². The molecule has 0 saturated heterocycles. The molecule has 0 saturated carbocycles. The van der Waals surface area contributed by atoms with Crippen molar-refractivity contribution in [3.05, 3.63) is 65.7 Å². The molecule has 0 aliphatic heterocycles. The summed E-state index contributed by atoms with van der Waals surface area (Å²) in [4.78, 5) is 17.1. The Labute approximate surface area is 123 Å². The number of hydrogen-bond donors (Lipinski definition) is 1. The van der Waals surface area contributed by atoms with Gasteiger partial charge in [0.1, 0.15) is 0 Å². The van der Waals surface area contributed by atoms with E-state index in [4.69, 9.17) is 4.84 Å². The van der Waals surface area contributed by atoms with Crippen molar-refractivity contribution in [1.82, 2.24) is 5.48 Å². The van der Waals surface area contributed by atoms with Crippen molar-refractivity contribution in [3.63, 3.8) is 0 Å². The number of rotatable bonds is 5. The van der Waals surface area contributed by atoms with E-state index >= 15 is 0 Å². The van der Waals surface area contributed by atoms with Gasteiger partial charge in [0.2, 0.25) is 0 Å². The monoisotopic (exact) mass is 305 g/mol. The minimum absolute atomic E-state index is 0.0956. The van der Waals surface area contributed by atoms with E-state index in [1.54, 1.807) is 0 Å². The molecule has 0 radical (unpaired) electrons. The first-order chi connectivity index (χ1) is 9.97. The van der Waals surface area contributed by atoms with E-state index in [0.717, 1.165) is 11.8 Å². The molecule has 0 heterocycles. The molecule has 0 unspecified atom stereocenters. The standard InChI is InChI=1S/C15H15NO4S/c1-21(18,19)14-9-5-8-13(10-14)15(17)16-20-11-12-6-3-2-4-7-12/h2-10H,11H2,1H3,(H,16,17). The minimum atomic E-state index is -3.34. The summed E-state index contributed by atoms with van der Waals surface area (Å²) >= 11 is 0. The van der Waals surface area contributed by atoms with Crippen LogP contribution in [0.25, 0.3) is 0 Å². The van der Waals surface area contributed by atoms with Crippen LogP contribution in [-0.4, -0.2) is 20.6 Å². The van der Waals surface area contributed by atoms with Crippen molar-refractivity contribution < 1.29 is 18.0 Å². The maximum absolute atomic E-state index is 11.9. The number of hydroxylamine groups is 1. The molecule has 2 rings (SSSR count). The third-order valence-electron chi connectivity index (χ3n) is 2.77. The van der Waals surface area contributed by atoms with Gasteiger partial charge in [0, 0.05) is 11.8 Å². The molecule has 0 fully saturated rings. The van der Waals surface area contributed by atoms with Crippen LogP contribution in [0.1, 0.15) is 15.9 Å². The van der Waals surface area contributed by atoms with E-state index in [2.05, 4.69) is 5.48 Å². The highest BCUT2D eigenvalue weighted by Crippen LogP contribution is 2.11. The van der Waals surface area contributed by atoms with Gasteiger partial charge in [-0.3, -0.25) is 9.63 Å². The van der Waals surface area contributed by atoms with Gasteiger partial charge < -0.3 is 0 Å². The highest BCUT2D eigenvalue weighted by atomic mass is 32.2. The van der Waals surface area contributed by atoms with Gasteiger partial charge in [-0.05, 0) is 23.8 Å². The zero-order valence-electron chi connectivity index (χ0n) is 11.4. The maximum Gasteiger partial charge on any atom is 0.274 e. The maximum atomic E-state index is 11.9. The van der Waals surface area contributed by atoms with E-state index in [1.165, 1.54) is 24.3 Å². The molecule has 0 aliphatic carbocycles. The first-order valence-corrected chi connectivity index (χ1v) is 8.12. The predicted molar refractivity (Wildman–Crippen MR) is 78.2 cm³/mol. The third kappa shape index (κ3) is 4.40. The zero-order valence-corrected chi connectivity index (χ0v) is 12.3. The van der Waals surface area contributed by atoms with Gasteiger partial charge >= 0.3 is 0 Å². The highest BCUT2D eigenvalue weighted by Gasteiger charge is 2.11. The molecule has 0 atom stereocenters. The normalized spacial score (nSPS) is 11.1. The highest BCUT2D eigenvalue weighted by molar-refractivity contribution is 7.90. The van der Waals surface area contributed by atoms with Crippen molar-refractivity contribution in [2.24, 2.45) is 0 Å². The number of amides is 1. The first kappa shape index (κ1) is 15.2. The number of benzene rings is 2. The Morgan fingerprint density at radius 3 is 2.48 bits per heavy atom. The second kappa shape index (κ2) is 6.51. The van der Waals surface area contributed by atoms with Crippen LogP contribution in [0.2, 0.25) is 0 Å². The minimum Gasteiger partial charge on any atom is -0.269 e. The lowest BCUT2D eigenvalue weighted by atomic mass is 10.2. The van der Waals surface area contributed by atoms with Crippen molar-refractivity contribution in [2.75, 3.05) is 6.26 Å². The summed E-state index contributed by atoms with van der Waals surface area (Å²) in [6.45, 7) is 0.234. The SMILES string of the molecule is CS(=O)(=O)c1cccc(C(=O)NOCc2ccccc2)c1. The lowest BCUT2D eigenvalue weighted by Crippen LogP contribution is -2.23. The van der Waals surface area contributed by atoms with Gasteiger partial charge in [-0.1, -0.05) is 36.4 Å². The van der Waals surface area contributed by atoms with Gasteiger partial charge in [-0.2, -0.15) is 0 Å². The first-order valence-electron chi connectivity index (χ1n) is 6.23. The fourth-order valence-electron chi connectivity index (χ4n) is 1.69. The second-order valence-electron chi connectivity index (χ2n) is 4.51. The van der Waals surface area contributed by atoms with Crippen LogP contribution in [0.3, 0.4) is 0 Å². The van der Waals surface area contributed by atoms with Crippen LogP contribution >= 0.6 is 0 Å². The number of hydrogen-bond acceptors (Lipinski definition) is 4. The van der Waals surface area contributed by atoms with E-state index in [-0.39, 0.29) is 17.1 Å². The summed E-state index contributed by atoms with van der Waals surface area (Å²) in [6.07, 6.45) is 1.09. The van der Waals surface area contributed by atoms with Gasteiger partial charge in [0.25, 0.3) is 5.91 Å². The van der Waals surface area contributed by atoms with Gasteiger partial charge in [0.05, 0.1) is 11.5 Å². The van der Waals surface area contributed by atoms with E-state index in [0.29, 0.717) is 0 Å². The molecular formula is C15H15NO4S. The van der Waals surface area contributed by atoms with E-state index in [9.17, 15) is 13.2 Å². The Morgan fingerprint density at radius 2 is 1.81 bits per heavy atom. The van der Waals surface area contributed by atoms with Gasteiger partial charge in [0.15, 0.2) is 9.84 Å². The lowest BCUT2D eigenvalue weighted by molar-refractivity contribution is 0.0233. The summed E-state index contributed by atoms with van der Waals surface area (Å²) in [5.74, 6) is -0.489. The Hall–Kier alpha value is -2.18. The molecule has 6 heteroatoms. The molecule has 2 aromatic carbocycles. The molecule has 0 aliphatic rings. The molecular weight excluding hydrogens is 290 g/mol. The molecule has 21 heavy (non-hydrogen) atoms. The van der Waals surface area contributed by atoms with Crippen LogP contribution in [0, 0.1) is 0 Å². The van der Waals surface area contributed by atoms with Crippen molar-refractivity contribution in [1.29, 1.82) is 0 Å². The fraction of sp³-hybridized carbons (Fsp3) is 0.133. The number of nitrogens with one attached hydrogen (secondary N) is 1. The molecule has 1 amide bonds. The number of sulfone groups is 1. The van der Waals surface area contributed by atoms with Crippen molar-refractivity contribution in [3.8, 4) is 0 Å². The Balaban J connectivity index is 1.98. The molecule has 110 valence electrons. The topological polar surface area (TPSA) is 72.5 Å². The van der Waals surface area contributed by atoms with Crippen molar-refractivity contribution in [2.45, 2.75) is 11.5 Å². The summed E-state index contributed by atoms with van der Waals surface area (Å²) < 4.78 is 22.9. The quantitative estimate of drug-likeness (QED) is 0.857. The zero-order chi connectivity index (χ0) is 15.3. The molecule has 5 nitrogen and oxygen atoms in total. The van der Waals surface area contributed by atoms with Crippen LogP contribution < -0.4 is 5.48 Å². The lowest BCUT2D eigenvalue weighted by Gasteiger charge is -2.07. The van der Waals surface area contributed by atoms with Crippen LogP contribution in [-0.2, 0) is 21.3 Å². The Bertz CT molecular complexity index is 726. The third-order valence-corrected chi connectivity index (χ3v) is 3.88. The Kier molecular flexibility index (Phi) is 4.72. The van der Waals surface area contributed by atoms with Crippen LogP contribution in [0.4, 0.5) is 0 Å². The van der Waals surface area contributed by atoms with Crippen LogP contribution in [0.5, 0.6) is 0 Å².